The van der Waals surface area contributed by atoms with Gasteiger partial charge in [-0.3, -0.25) is 4.79 Å². The van der Waals surface area contributed by atoms with Gasteiger partial charge in [-0.25, -0.2) is 4.79 Å². The van der Waals surface area contributed by atoms with Crippen LogP contribution in [0.2, 0.25) is 0 Å². The van der Waals surface area contributed by atoms with E-state index in [1.807, 2.05) is 31.2 Å². The van der Waals surface area contributed by atoms with Crippen molar-refractivity contribution in [2.24, 2.45) is 0 Å². The molecule has 2 atom stereocenters. The molecule has 1 aromatic carbocycles. The van der Waals surface area contributed by atoms with Crippen LogP contribution in [0.25, 0.3) is 0 Å². The molecule has 114 valence electrons. The third-order valence-corrected chi connectivity index (χ3v) is 3.75. The van der Waals surface area contributed by atoms with Crippen molar-refractivity contribution in [3.05, 3.63) is 35.4 Å². The van der Waals surface area contributed by atoms with Gasteiger partial charge in [-0.1, -0.05) is 29.8 Å². The normalized spacial score (nSPS) is 24.7. The lowest BCUT2D eigenvalue weighted by molar-refractivity contribution is -0.215. The van der Waals surface area contributed by atoms with E-state index in [1.165, 1.54) is 4.90 Å². The fraction of sp³-hybridized carbons (Fsp3) is 0.500. The molecule has 1 aromatic rings. The van der Waals surface area contributed by atoms with Gasteiger partial charge in [-0.05, 0) is 26.3 Å². The maximum Gasteiger partial charge on any atom is 0.351 e. The number of carbonyl (C=O) groups is 2. The zero-order valence-electron chi connectivity index (χ0n) is 12.9. The van der Waals surface area contributed by atoms with Crippen molar-refractivity contribution in [1.82, 2.24) is 4.90 Å². The second-order valence-electron chi connectivity index (χ2n) is 5.12. The number of β-lactam (4-membered cyclic amide) rings is 1. The number of carbonyl (C=O) groups excluding carboxylic acids is 2. The fourth-order valence-corrected chi connectivity index (χ4v) is 2.77. The number of amides is 1. The molecule has 0 N–H and O–H groups in total. The molecule has 1 aliphatic heterocycles. The highest BCUT2D eigenvalue weighted by Crippen LogP contribution is 2.45. The van der Waals surface area contributed by atoms with E-state index in [4.69, 9.17) is 9.47 Å². The number of likely N-dealkylation sites (N-methyl/N-ethyl adjacent to an activating group) is 1. The quantitative estimate of drug-likeness (QED) is 0.472. The smallest absolute Gasteiger partial charge is 0.351 e. The molecule has 1 saturated heterocycles. The van der Waals surface area contributed by atoms with Crippen LogP contribution in [-0.4, -0.2) is 42.6 Å². The van der Waals surface area contributed by atoms with Gasteiger partial charge in [0.25, 0.3) is 11.5 Å². The van der Waals surface area contributed by atoms with Gasteiger partial charge < -0.3 is 14.4 Å². The van der Waals surface area contributed by atoms with E-state index in [2.05, 4.69) is 0 Å². The van der Waals surface area contributed by atoms with Crippen molar-refractivity contribution in [1.29, 1.82) is 0 Å². The lowest BCUT2D eigenvalue weighted by Crippen LogP contribution is -2.72. The SMILES string of the molecule is CCOC(=O)[C@@]1(OCC)C(=O)N(C)[C@H]1c1ccc(C)cc1. The highest BCUT2D eigenvalue weighted by atomic mass is 16.6. The topological polar surface area (TPSA) is 55.8 Å². The van der Waals surface area contributed by atoms with E-state index < -0.39 is 17.6 Å². The number of hydrogen-bond donors (Lipinski definition) is 0. The van der Waals surface area contributed by atoms with Gasteiger partial charge in [0.05, 0.1) is 6.61 Å². The summed E-state index contributed by atoms with van der Waals surface area (Å²) in [6.45, 7) is 5.94. The highest BCUT2D eigenvalue weighted by molar-refractivity contribution is 6.12. The van der Waals surface area contributed by atoms with Gasteiger partial charge in [0.15, 0.2) is 0 Å². The molecule has 0 saturated carbocycles. The van der Waals surface area contributed by atoms with Gasteiger partial charge in [0, 0.05) is 13.7 Å². The van der Waals surface area contributed by atoms with E-state index in [1.54, 1.807) is 20.9 Å². The predicted molar refractivity (Wildman–Crippen MR) is 77.7 cm³/mol. The van der Waals surface area contributed by atoms with Crippen LogP contribution >= 0.6 is 0 Å². The van der Waals surface area contributed by atoms with Gasteiger partial charge in [-0.2, -0.15) is 0 Å². The second-order valence-corrected chi connectivity index (χ2v) is 5.12. The maximum atomic E-state index is 12.3. The van der Waals surface area contributed by atoms with Crippen molar-refractivity contribution in [3.8, 4) is 0 Å². The lowest BCUT2D eigenvalue weighted by atomic mass is 9.78. The average Bonchev–Trinajstić information content (AvgIpc) is 2.48. The Morgan fingerprint density at radius 2 is 1.86 bits per heavy atom. The van der Waals surface area contributed by atoms with Gasteiger partial charge >= 0.3 is 5.97 Å². The standard InChI is InChI=1S/C16H21NO4/c1-5-20-15(19)16(21-6-2)13(17(4)14(16)18)12-9-7-11(3)8-10-12/h7-10,13H,5-6H2,1-4H3/t13-,16-/m0/s1. The summed E-state index contributed by atoms with van der Waals surface area (Å²) in [4.78, 5) is 26.2. The minimum absolute atomic E-state index is 0.214. The van der Waals surface area contributed by atoms with Crippen LogP contribution in [0.1, 0.15) is 31.0 Å². The van der Waals surface area contributed by atoms with Crippen molar-refractivity contribution in [2.75, 3.05) is 20.3 Å². The lowest BCUT2D eigenvalue weighted by Gasteiger charge is -2.51. The molecular weight excluding hydrogens is 270 g/mol. The van der Waals surface area contributed by atoms with Crippen molar-refractivity contribution in [2.45, 2.75) is 32.4 Å². The Morgan fingerprint density at radius 3 is 2.38 bits per heavy atom. The van der Waals surface area contributed by atoms with Gasteiger partial charge in [0.1, 0.15) is 6.04 Å². The second kappa shape index (κ2) is 5.85. The number of nitrogens with zero attached hydrogens (tertiary/aromatic N) is 1. The zero-order chi connectivity index (χ0) is 15.6. The first-order chi connectivity index (χ1) is 9.98. The first-order valence-electron chi connectivity index (χ1n) is 7.14. The van der Waals surface area contributed by atoms with Crippen molar-refractivity contribution < 1.29 is 19.1 Å². The van der Waals surface area contributed by atoms with Crippen molar-refractivity contribution in [3.63, 3.8) is 0 Å². The minimum atomic E-state index is -1.55. The molecule has 0 radical (unpaired) electrons. The van der Waals surface area contributed by atoms with Crippen LogP contribution in [0.15, 0.2) is 24.3 Å². The summed E-state index contributed by atoms with van der Waals surface area (Å²) >= 11 is 0. The summed E-state index contributed by atoms with van der Waals surface area (Å²) in [6, 6.07) is 7.28. The predicted octanol–water partition coefficient (Wildman–Crippen LogP) is 1.85. The number of esters is 1. The van der Waals surface area contributed by atoms with E-state index in [0.29, 0.717) is 0 Å². The Hall–Kier alpha value is -1.88. The molecule has 1 fully saturated rings. The Kier molecular flexibility index (Phi) is 4.32. The van der Waals surface area contributed by atoms with E-state index in [-0.39, 0.29) is 19.1 Å². The Morgan fingerprint density at radius 1 is 1.24 bits per heavy atom. The minimum Gasteiger partial charge on any atom is -0.463 e. The van der Waals surface area contributed by atoms with Gasteiger partial charge in [-0.15, -0.1) is 0 Å². The zero-order valence-corrected chi connectivity index (χ0v) is 12.9. The number of likely N-dealkylation sites (tertiary alicyclic amines) is 1. The first-order valence-corrected chi connectivity index (χ1v) is 7.14. The number of aryl methyl sites for hydroxylation is 1. The highest BCUT2D eigenvalue weighted by Gasteiger charge is 2.67. The first kappa shape index (κ1) is 15.5. The Labute approximate surface area is 124 Å². The Bertz CT molecular complexity index is 540. The number of ether oxygens (including phenoxy) is 2. The molecule has 21 heavy (non-hydrogen) atoms. The van der Waals surface area contributed by atoms with Crippen LogP contribution in [0.5, 0.6) is 0 Å². The van der Waals surface area contributed by atoms with E-state index in [0.717, 1.165) is 11.1 Å². The third kappa shape index (κ3) is 2.31. The molecule has 0 aliphatic carbocycles. The molecule has 5 nitrogen and oxygen atoms in total. The monoisotopic (exact) mass is 291 g/mol. The summed E-state index contributed by atoms with van der Waals surface area (Å²) in [5.41, 5.74) is 0.434. The molecule has 2 rings (SSSR count). The third-order valence-electron chi connectivity index (χ3n) is 3.75. The summed E-state index contributed by atoms with van der Waals surface area (Å²) < 4.78 is 10.7. The molecule has 0 spiro atoms. The molecule has 1 heterocycles. The summed E-state index contributed by atoms with van der Waals surface area (Å²) in [5.74, 6) is -0.964. The number of benzene rings is 1. The summed E-state index contributed by atoms with van der Waals surface area (Å²) in [5, 5.41) is 0. The van der Waals surface area contributed by atoms with Gasteiger partial charge in [0.2, 0.25) is 0 Å². The molecule has 0 aromatic heterocycles. The van der Waals surface area contributed by atoms with Crippen LogP contribution in [-0.2, 0) is 19.1 Å². The summed E-state index contributed by atoms with van der Waals surface area (Å²) in [7, 11) is 1.67. The van der Waals surface area contributed by atoms with Crippen LogP contribution in [0.4, 0.5) is 0 Å². The average molecular weight is 291 g/mol. The maximum absolute atomic E-state index is 12.3. The van der Waals surface area contributed by atoms with Crippen LogP contribution in [0.3, 0.4) is 0 Å². The van der Waals surface area contributed by atoms with Crippen LogP contribution in [0, 0.1) is 6.92 Å². The van der Waals surface area contributed by atoms with E-state index in [9.17, 15) is 9.59 Å². The molecule has 5 heteroatoms. The summed E-state index contributed by atoms with van der Waals surface area (Å²) in [6.07, 6.45) is 0. The van der Waals surface area contributed by atoms with E-state index >= 15 is 0 Å². The molecular formula is C16H21NO4. The largest absolute Gasteiger partial charge is 0.463 e. The van der Waals surface area contributed by atoms with Crippen molar-refractivity contribution >= 4 is 11.9 Å². The molecule has 0 unspecified atom stereocenters. The van der Waals surface area contributed by atoms with Crippen LogP contribution < -0.4 is 0 Å². The number of rotatable bonds is 5. The Balaban J connectivity index is 2.43. The molecule has 0 bridgehead atoms. The number of hydrogen-bond acceptors (Lipinski definition) is 4. The molecule has 1 amide bonds. The molecule has 1 aliphatic rings. The fourth-order valence-electron chi connectivity index (χ4n) is 2.77.